The molecule has 11 heteroatoms. The van der Waals surface area contributed by atoms with Crippen LogP contribution < -0.4 is 16.0 Å². The first-order valence-corrected chi connectivity index (χ1v) is 16.3. The maximum atomic E-state index is 13.3. The number of benzene rings is 1. The van der Waals surface area contributed by atoms with E-state index in [4.69, 9.17) is 18.6 Å². The van der Waals surface area contributed by atoms with Crippen molar-refractivity contribution < 1.29 is 23.4 Å². The molecule has 0 saturated heterocycles. The third kappa shape index (κ3) is 6.37. The number of nitrogens with zero attached hydrogens (tertiary/aromatic N) is 3. The van der Waals surface area contributed by atoms with Gasteiger partial charge in [-0.1, -0.05) is 19.6 Å². The number of carbonyl (C=O) groups excluding carboxylic acids is 1. The Bertz CT molecular complexity index is 1590. The zero-order chi connectivity index (χ0) is 28.3. The smallest absolute Gasteiger partial charge is 0.333 e. The largest absolute Gasteiger partial charge is 0.464 e. The number of carbonyl (C=O) groups is 1. The van der Waals surface area contributed by atoms with Gasteiger partial charge in [-0.3, -0.25) is 14.2 Å². The quantitative estimate of drug-likeness (QED) is 0.156. The van der Waals surface area contributed by atoms with Gasteiger partial charge in [0, 0.05) is 51.5 Å². The van der Waals surface area contributed by atoms with Crippen LogP contribution in [-0.2, 0) is 34.7 Å². The Morgan fingerprint density at radius 3 is 2.62 bits per heavy atom. The van der Waals surface area contributed by atoms with Gasteiger partial charge in [0.25, 0.3) is 5.56 Å². The molecule has 0 aliphatic carbocycles. The van der Waals surface area contributed by atoms with Gasteiger partial charge in [-0.15, -0.1) is 0 Å². The highest BCUT2D eigenvalue weighted by Crippen LogP contribution is 2.33. The van der Waals surface area contributed by atoms with E-state index in [1.807, 2.05) is 0 Å². The summed E-state index contributed by atoms with van der Waals surface area (Å²) >= 11 is 0. The summed E-state index contributed by atoms with van der Waals surface area (Å²) < 4.78 is 25.0. The molecule has 4 aromatic rings. The molecule has 0 amide bonds. The first-order chi connectivity index (χ1) is 18.5. The van der Waals surface area contributed by atoms with Gasteiger partial charge >= 0.3 is 11.7 Å². The van der Waals surface area contributed by atoms with Crippen LogP contribution in [0.3, 0.4) is 0 Å². The van der Waals surface area contributed by atoms with Gasteiger partial charge < -0.3 is 18.6 Å². The van der Waals surface area contributed by atoms with Gasteiger partial charge in [0.05, 0.1) is 17.3 Å². The number of ether oxygens (including phenoxy) is 3. The highest BCUT2D eigenvalue weighted by atomic mass is 28.3. The molecule has 0 saturated carbocycles. The number of aromatic nitrogens is 3. The van der Waals surface area contributed by atoms with E-state index in [-0.39, 0.29) is 13.3 Å². The molecule has 0 unspecified atom stereocenters. The second kappa shape index (κ2) is 11.4. The van der Waals surface area contributed by atoms with Crippen molar-refractivity contribution in [1.29, 1.82) is 0 Å². The first kappa shape index (κ1) is 28.1. The molecular formula is C28H33N3O7Si. The fourth-order valence-corrected chi connectivity index (χ4v) is 4.93. The van der Waals surface area contributed by atoms with Crippen molar-refractivity contribution in [1.82, 2.24) is 14.1 Å². The fourth-order valence-electron chi connectivity index (χ4n) is 4.17. The van der Waals surface area contributed by atoms with Gasteiger partial charge in [0.2, 0.25) is 5.88 Å². The zero-order valence-electron chi connectivity index (χ0n) is 23.1. The molecule has 206 valence electrons. The standard InChI is InChI=1S/C28H33N3O7Si/c1-18-25(30(3)28(34)31(27(18)33)17-35-13-14-39(4,5)6)22-8-7-21(15-20(22)16-37-19(2)32)38-26-23-10-12-36-24(23)9-11-29-26/h7-12,15H,13-14,16-17H2,1-6H3. The highest BCUT2D eigenvalue weighted by Gasteiger charge is 2.20. The van der Waals surface area contributed by atoms with Crippen molar-refractivity contribution in [3.05, 3.63) is 74.8 Å². The lowest BCUT2D eigenvalue weighted by Crippen LogP contribution is -2.42. The molecule has 0 N–H and O–H groups in total. The number of esters is 1. The minimum Gasteiger partial charge on any atom is -0.464 e. The average molecular weight is 552 g/mol. The summed E-state index contributed by atoms with van der Waals surface area (Å²) in [6.07, 6.45) is 3.13. The molecule has 10 nitrogen and oxygen atoms in total. The predicted molar refractivity (Wildman–Crippen MR) is 150 cm³/mol. The van der Waals surface area contributed by atoms with E-state index in [9.17, 15) is 14.4 Å². The van der Waals surface area contributed by atoms with Crippen LogP contribution in [0.25, 0.3) is 22.2 Å². The lowest BCUT2D eigenvalue weighted by Gasteiger charge is -2.19. The monoisotopic (exact) mass is 551 g/mol. The summed E-state index contributed by atoms with van der Waals surface area (Å²) in [5.41, 5.74) is 1.62. The van der Waals surface area contributed by atoms with Crippen molar-refractivity contribution in [3.8, 4) is 22.9 Å². The van der Waals surface area contributed by atoms with Crippen molar-refractivity contribution in [2.75, 3.05) is 6.61 Å². The Morgan fingerprint density at radius 2 is 1.90 bits per heavy atom. The minimum absolute atomic E-state index is 0.0816. The number of fused-ring (bicyclic) bond motifs is 1. The molecule has 0 spiro atoms. The van der Waals surface area contributed by atoms with Crippen molar-refractivity contribution in [2.45, 2.75) is 52.9 Å². The van der Waals surface area contributed by atoms with E-state index in [0.717, 1.165) is 10.6 Å². The maximum absolute atomic E-state index is 13.3. The van der Waals surface area contributed by atoms with Gasteiger partial charge in [-0.2, -0.15) is 0 Å². The van der Waals surface area contributed by atoms with Crippen LogP contribution in [0.1, 0.15) is 18.1 Å². The van der Waals surface area contributed by atoms with Gasteiger partial charge in [-0.25, -0.2) is 14.3 Å². The van der Waals surface area contributed by atoms with E-state index in [2.05, 4.69) is 24.6 Å². The summed E-state index contributed by atoms with van der Waals surface area (Å²) in [4.78, 5) is 42.4. The Hall–Kier alpha value is -3.96. The number of hydrogen-bond acceptors (Lipinski definition) is 8. The van der Waals surface area contributed by atoms with Crippen LogP contribution in [0.15, 0.2) is 56.8 Å². The number of pyridine rings is 1. The second-order valence-corrected chi connectivity index (χ2v) is 16.2. The molecule has 1 aromatic carbocycles. The molecule has 39 heavy (non-hydrogen) atoms. The van der Waals surface area contributed by atoms with Crippen LogP contribution >= 0.6 is 0 Å². The summed E-state index contributed by atoms with van der Waals surface area (Å²) in [7, 11) is 0.293. The van der Waals surface area contributed by atoms with Crippen LogP contribution in [0.5, 0.6) is 11.6 Å². The SMILES string of the molecule is CC(=O)OCc1cc(Oc2nccc3occc23)ccc1-c1c(C)c(=O)n(COCC[Si](C)(C)C)c(=O)n1C. The summed E-state index contributed by atoms with van der Waals surface area (Å²) in [5, 5.41) is 0.706. The molecule has 3 aromatic heterocycles. The number of hydrogen-bond donors (Lipinski definition) is 0. The molecule has 3 heterocycles. The molecule has 0 fully saturated rings. The summed E-state index contributed by atoms with van der Waals surface area (Å²) in [6.45, 7) is 9.98. The molecule has 0 aliphatic heterocycles. The highest BCUT2D eigenvalue weighted by molar-refractivity contribution is 6.76. The van der Waals surface area contributed by atoms with E-state index >= 15 is 0 Å². The van der Waals surface area contributed by atoms with Crippen LogP contribution in [-0.4, -0.2) is 34.8 Å². The number of rotatable bonds is 10. The molecular weight excluding hydrogens is 518 g/mol. The summed E-state index contributed by atoms with van der Waals surface area (Å²) in [5.74, 6) is 0.329. The molecule has 0 aliphatic rings. The predicted octanol–water partition coefficient (Wildman–Crippen LogP) is 4.83. The fraction of sp³-hybridized carbons (Fsp3) is 0.357. The molecule has 0 atom stereocenters. The van der Waals surface area contributed by atoms with E-state index in [1.165, 1.54) is 11.5 Å². The van der Waals surface area contributed by atoms with Crippen LogP contribution in [0.2, 0.25) is 25.7 Å². The van der Waals surface area contributed by atoms with Crippen LogP contribution in [0, 0.1) is 6.92 Å². The Labute approximate surface area is 226 Å². The van der Waals surface area contributed by atoms with E-state index < -0.39 is 25.3 Å². The molecule has 0 radical (unpaired) electrons. The Balaban J connectivity index is 1.72. The topological polar surface area (TPSA) is 115 Å². The summed E-state index contributed by atoms with van der Waals surface area (Å²) in [6, 6.07) is 9.57. The van der Waals surface area contributed by atoms with E-state index in [0.29, 0.717) is 51.6 Å². The van der Waals surface area contributed by atoms with Gasteiger partial charge in [-0.05, 0) is 43.3 Å². The second-order valence-electron chi connectivity index (χ2n) is 10.5. The lowest BCUT2D eigenvalue weighted by atomic mass is 10.0. The average Bonchev–Trinajstić information content (AvgIpc) is 3.36. The van der Waals surface area contributed by atoms with Crippen LogP contribution in [0.4, 0.5) is 0 Å². The Kier molecular flexibility index (Phi) is 8.21. The lowest BCUT2D eigenvalue weighted by molar-refractivity contribution is -0.142. The Morgan fingerprint density at radius 1 is 1.13 bits per heavy atom. The first-order valence-electron chi connectivity index (χ1n) is 12.6. The zero-order valence-corrected chi connectivity index (χ0v) is 24.1. The van der Waals surface area contributed by atoms with Crippen molar-refractivity contribution in [3.63, 3.8) is 0 Å². The maximum Gasteiger partial charge on any atom is 0.333 e. The third-order valence-corrected chi connectivity index (χ3v) is 8.02. The third-order valence-electron chi connectivity index (χ3n) is 6.31. The molecule has 0 bridgehead atoms. The van der Waals surface area contributed by atoms with E-state index in [1.54, 1.807) is 56.8 Å². The van der Waals surface area contributed by atoms with Gasteiger partial charge in [0.1, 0.15) is 24.7 Å². The van der Waals surface area contributed by atoms with Crippen molar-refractivity contribution in [2.24, 2.45) is 7.05 Å². The normalized spacial score (nSPS) is 11.6. The number of furan rings is 1. The molecule has 4 rings (SSSR count). The minimum atomic E-state index is -1.31. The van der Waals surface area contributed by atoms with Gasteiger partial charge in [0.15, 0.2) is 0 Å². The van der Waals surface area contributed by atoms with Crippen molar-refractivity contribution >= 4 is 25.0 Å².